The van der Waals surface area contributed by atoms with Crippen molar-refractivity contribution in [2.24, 2.45) is 0 Å². The number of benzene rings is 2. The Morgan fingerprint density at radius 2 is 1.81 bits per heavy atom. The molecule has 0 aliphatic carbocycles. The average Bonchev–Trinajstić information content (AvgIpc) is 3.44. The van der Waals surface area contributed by atoms with Gasteiger partial charge in [0.15, 0.2) is 11.4 Å². The number of ether oxygens (including phenoxy) is 1. The number of carbonyl (C=O) groups is 1. The van der Waals surface area contributed by atoms with Gasteiger partial charge in [-0.15, -0.1) is 0 Å². The lowest BCUT2D eigenvalue weighted by Gasteiger charge is -2.22. The molecule has 4 rings (SSSR count). The molecule has 2 aromatic carbocycles. The van der Waals surface area contributed by atoms with Crippen LogP contribution in [0.2, 0.25) is 0 Å². The zero-order valence-electron chi connectivity index (χ0n) is 16.8. The van der Waals surface area contributed by atoms with E-state index in [1.807, 2.05) is 35.2 Å². The van der Waals surface area contributed by atoms with Gasteiger partial charge in [0, 0.05) is 13.1 Å². The first kappa shape index (κ1) is 20.8. The van der Waals surface area contributed by atoms with Crippen LogP contribution >= 0.6 is 0 Å². The summed E-state index contributed by atoms with van der Waals surface area (Å²) in [7, 11) is 1.41. The first-order valence-electron chi connectivity index (χ1n) is 9.83. The Morgan fingerprint density at radius 3 is 2.45 bits per heavy atom. The molecule has 1 fully saturated rings. The summed E-state index contributed by atoms with van der Waals surface area (Å²) in [5.74, 6) is -0.428. The van der Waals surface area contributed by atoms with Gasteiger partial charge < -0.3 is 15.0 Å². The molecule has 0 saturated carbocycles. The summed E-state index contributed by atoms with van der Waals surface area (Å²) in [6, 6.07) is 12.5. The number of hydrogen-bond acceptors (Lipinski definition) is 4. The van der Waals surface area contributed by atoms with Crippen molar-refractivity contribution in [3.63, 3.8) is 0 Å². The van der Waals surface area contributed by atoms with Gasteiger partial charge in [0.25, 0.3) is 5.91 Å². The van der Waals surface area contributed by atoms with Crippen LogP contribution in [0.15, 0.2) is 54.7 Å². The van der Waals surface area contributed by atoms with Crippen molar-refractivity contribution in [1.29, 1.82) is 0 Å². The Kier molecular flexibility index (Phi) is 5.58. The number of aromatic nitrogens is 2. The van der Waals surface area contributed by atoms with Crippen molar-refractivity contribution >= 4 is 17.3 Å². The van der Waals surface area contributed by atoms with Crippen LogP contribution in [0.3, 0.4) is 0 Å². The van der Waals surface area contributed by atoms with Crippen molar-refractivity contribution in [2.45, 2.75) is 19.0 Å². The zero-order chi connectivity index (χ0) is 22.0. The van der Waals surface area contributed by atoms with Gasteiger partial charge in [-0.05, 0) is 43.2 Å². The van der Waals surface area contributed by atoms with Crippen LogP contribution in [0.5, 0.6) is 5.75 Å². The van der Waals surface area contributed by atoms with E-state index in [9.17, 15) is 18.0 Å². The zero-order valence-corrected chi connectivity index (χ0v) is 16.8. The highest BCUT2D eigenvalue weighted by atomic mass is 19.4. The third-order valence-electron chi connectivity index (χ3n) is 5.16. The number of methoxy groups -OCH3 is 1. The van der Waals surface area contributed by atoms with E-state index < -0.39 is 17.6 Å². The number of halogens is 3. The van der Waals surface area contributed by atoms with Crippen molar-refractivity contribution in [1.82, 2.24) is 9.78 Å². The second-order valence-electron chi connectivity index (χ2n) is 7.20. The van der Waals surface area contributed by atoms with Gasteiger partial charge in [-0.3, -0.25) is 4.79 Å². The Balaban J connectivity index is 1.68. The predicted octanol–water partition coefficient (Wildman–Crippen LogP) is 4.75. The Hall–Kier alpha value is -3.49. The molecule has 0 unspecified atom stereocenters. The molecule has 1 aliphatic rings. The highest BCUT2D eigenvalue weighted by Gasteiger charge is 2.32. The largest absolute Gasteiger partial charge is 0.493 e. The maximum atomic E-state index is 13.3. The smallest absolute Gasteiger partial charge is 0.416 e. The van der Waals surface area contributed by atoms with E-state index in [1.54, 1.807) is 6.20 Å². The van der Waals surface area contributed by atoms with Gasteiger partial charge in [0.2, 0.25) is 0 Å². The van der Waals surface area contributed by atoms with Crippen molar-refractivity contribution < 1.29 is 22.7 Å². The lowest BCUT2D eigenvalue weighted by Crippen LogP contribution is -2.22. The minimum Gasteiger partial charge on any atom is -0.493 e. The van der Waals surface area contributed by atoms with E-state index in [0.29, 0.717) is 5.69 Å². The molecule has 1 amide bonds. The van der Waals surface area contributed by atoms with Gasteiger partial charge >= 0.3 is 6.18 Å². The minimum atomic E-state index is -4.52. The van der Waals surface area contributed by atoms with Crippen LogP contribution in [0.25, 0.3) is 5.69 Å². The van der Waals surface area contributed by atoms with Gasteiger partial charge in [0.1, 0.15) is 0 Å². The van der Waals surface area contributed by atoms with Crippen LogP contribution in [0.4, 0.5) is 24.5 Å². The number of amides is 1. The fraction of sp³-hybridized carbons (Fsp3) is 0.273. The maximum absolute atomic E-state index is 13.3. The lowest BCUT2D eigenvalue weighted by atomic mass is 10.1. The molecule has 162 valence electrons. The molecule has 1 saturated heterocycles. The molecule has 0 atom stereocenters. The fourth-order valence-corrected chi connectivity index (χ4v) is 3.61. The van der Waals surface area contributed by atoms with E-state index in [4.69, 9.17) is 4.74 Å². The fourth-order valence-electron chi connectivity index (χ4n) is 3.61. The number of para-hydroxylation sites is 1. The summed E-state index contributed by atoms with van der Waals surface area (Å²) in [4.78, 5) is 15.0. The van der Waals surface area contributed by atoms with Crippen molar-refractivity contribution in [2.75, 3.05) is 30.4 Å². The second-order valence-corrected chi connectivity index (χ2v) is 7.20. The van der Waals surface area contributed by atoms with Crippen LogP contribution in [0, 0.1) is 0 Å². The SMILES string of the molecule is COc1cn(-c2ccccc2)nc1C(=O)Nc1cc(C(F)(F)F)ccc1N1CCCC1. The Morgan fingerprint density at radius 1 is 1.10 bits per heavy atom. The van der Waals surface area contributed by atoms with E-state index in [1.165, 1.54) is 17.9 Å². The number of nitrogens with zero attached hydrogens (tertiary/aromatic N) is 3. The highest BCUT2D eigenvalue weighted by molar-refractivity contribution is 6.06. The number of hydrogen-bond donors (Lipinski definition) is 1. The van der Waals surface area contributed by atoms with Gasteiger partial charge in [-0.2, -0.15) is 18.3 Å². The molecule has 3 aromatic rings. The van der Waals surface area contributed by atoms with Crippen LogP contribution in [-0.4, -0.2) is 35.9 Å². The van der Waals surface area contributed by atoms with Crippen molar-refractivity contribution in [3.05, 3.63) is 66.0 Å². The standard InChI is InChI=1S/C22H21F3N4O2/c1-31-19-14-29(16-7-3-2-4-8-16)27-20(19)21(30)26-17-13-15(22(23,24)25)9-10-18(17)28-11-5-6-12-28/h2-4,7-10,13-14H,5-6,11-12H2,1H3,(H,26,30). The third kappa shape index (κ3) is 4.35. The van der Waals surface area contributed by atoms with Crippen LogP contribution < -0.4 is 15.0 Å². The molecule has 6 nitrogen and oxygen atoms in total. The average molecular weight is 430 g/mol. The first-order valence-corrected chi connectivity index (χ1v) is 9.83. The van der Waals surface area contributed by atoms with Crippen LogP contribution in [-0.2, 0) is 6.18 Å². The van der Waals surface area contributed by atoms with E-state index in [-0.39, 0.29) is 17.1 Å². The topological polar surface area (TPSA) is 59.4 Å². The molecule has 31 heavy (non-hydrogen) atoms. The molecule has 2 heterocycles. The monoisotopic (exact) mass is 430 g/mol. The van der Waals surface area contributed by atoms with Crippen LogP contribution in [0.1, 0.15) is 28.9 Å². The Labute approximate surface area is 177 Å². The van der Waals surface area contributed by atoms with Crippen molar-refractivity contribution in [3.8, 4) is 11.4 Å². The minimum absolute atomic E-state index is 0.0175. The summed E-state index contributed by atoms with van der Waals surface area (Å²) in [6.07, 6.45) is -1.07. The maximum Gasteiger partial charge on any atom is 0.416 e. The van der Waals surface area contributed by atoms with Gasteiger partial charge in [-0.25, -0.2) is 4.68 Å². The summed E-state index contributed by atoms with van der Waals surface area (Å²) in [5, 5.41) is 6.91. The molecule has 1 aromatic heterocycles. The Bertz CT molecular complexity index is 1070. The highest BCUT2D eigenvalue weighted by Crippen LogP contribution is 2.37. The number of alkyl halides is 3. The summed E-state index contributed by atoms with van der Waals surface area (Å²) in [5.41, 5.74) is 0.527. The number of carbonyl (C=O) groups excluding carboxylic acids is 1. The van der Waals surface area contributed by atoms with E-state index >= 15 is 0 Å². The summed E-state index contributed by atoms with van der Waals surface area (Å²) >= 11 is 0. The quantitative estimate of drug-likeness (QED) is 0.635. The first-order chi connectivity index (χ1) is 14.9. The number of anilines is 2. The summed E-state index contributed by atoms with van der Waals surface area (Å²) < 4.78 is 46.6. The second kappa shape index (κ2) is 8.33. The van der Waals surface area contributed by atoms with E-state index in [0.717, 1.165) is 43.8 Å². The van der Waals surface area contributed by atoms with Gasteiger partial charge in [-0.1, -0.05) is 18.2 Å². The van der Waals surface area contributed by atoms with Gasteiger partial charge in [0.05, 0.1) is 35.9 Å². The summed E-state index contributed by atoms with van der Waals surface area (Å²) in [6.45, 7) is 1.44. The molecule has 0 radical (unpaired) electrons. The number of rotatable bonds is 5. The lowest BCUT2D eigenvalue weighted by molar-refractivity contribution is -0.137. The molecule has 1 N–H and O–H groups in total. The number of nitrogens with one attached hydrogen (secondary N) is 1. The van der Waals surface area contributed by atoms with E-state index in [2.05, 4.69) is 10.4 Å². The molecule has 9 heteroatoms. The third-order valence-corrected chi connectivity index (χ3v) is 5.16. The molecule has 1 aliphatic heterocycles. The predicted molar refractivity (Wildman–Crippen MR) is 111 cm³/mol. The molecule has 0 spiro atoms. The molecule has 0 bridgehead atoms. The molecular formula is C22H21F3N4O2. The normalized spacial score (nSPS) is 14.0. The molecular weight excluding hydrogens is 409 g/mol.